The molecular formula is C14H19N. The molecule has 0 N–H and O–H groups in total. The van der Waals surface area contributed by atoms with Gasteiger partial charge in [-0.2, -0.15) is 5.26 Å². The SMILES string of the molecule is C=CC/C=C(C#N)\C=C(\C)C(=C)C(C)C. The number of hydrogen-bond donors (Lipinski definition) is 0. The van der Waals surface area contributed by atoms with Crippen molar-refractivity contribution in [3.8, 4) is 6.07 Å². The largest absolute Gasteiger partial charge is 0.192 e. The minimum atomic E-state index is 0.417. The molecule has 0 heterocycles. The first kappa shape index (κ1) is 13.4. The lowest BCUT2D eigenvalue weighted by molar-refractivity contribution is 0.781. The summed E-state index contributed by atoms with van der Waals surface area (Å²) < 4.78 is 0. The monoisotopic (exact) mass is 201 g/mol. The van der Waals surface area contributed by atoms with Gasteiger partial charge in [-0.15, -0.1) is 6.58 Å². The summed E-state index contributed by atoms with van der Waals surface area (Å²) >= 11 is 0. The van der Waals surface area contributed by atoms with Crippen LogP contribution in [0.25, 0.3) is 0 Å². The highest BCUT2D eigenvalue weighted by Crippen LogP contribution is 2.18. The quantitative estimate of drug-likeness (QED) is 0.372. The maximum Gasteiger partial charge on any atom is 0.0988 e. The molecule has 0 radical (unpaired) electrons. The van der Waals surface area contributed by atoms with E-state index < -0.39 is 0 Å². The van der Waals surface area contributed by atoms with Gasteiger partial charge in [0.2, 0.25) is 0 Å². The number of nitriles is 1. The Morgan fingerprint density at radius 1 is 1.47 bits per heavy atom. The van der Waals surface area contributed by atoms with Crippen molar-refractivity contribution >= 4 is 0 Å². The van der Waals surface area contributed by atoms with Crippen LogP contribution in [0.5, 0.6) is 0 Å². The fourth-order valence-electron chi connectivity index (χ4n) is 1.13. The second kappa shape index (κ2) is 6.84. The van der Waals surface area contributed by atoms with Gasteiger partial charge < -0.3 is 0 Å². The molecule has 0 aliphatic rings. The Balaban J connectivity index is 4.79. The predicted molar refractivity (Wildman–Crippen MR) is 66.2 cm³/mol. The third kappa shape index (κ3) is 5.02. The minimum Gasteiger partial charge on any atom is -0.192 e. The zero-order chi connectivity index (χ0) is 11.8. The van der Waals surface area contributed by atoms with Crippen LogP contribution < -0.4 is 0 Å². The summed E-state index contributed by atoms with van der Waals surface area (Å²) in [5.74, 6) is 0.417. The van der Waals surface area contributed by atoms with Gasteiger partial charge in [-0.1, -0.05) is 32.6 Å². The number of rotatable bonds is 5. The maximum atomic E-state index is 8.90. The van der Waals surface area contributed by atoms with Gasteiger partial charge in [-0.3, -0.25) is 0 Å². The van der Waals surface area contributed by atoms with Crippen molar-refractivity contribution in [2.24, 2.45) is 5.92 Å². The summed E-state index contributed by atoms with van der Waals surface area (Å²) in [6.45, 7) is 13.8. The molecule has 0 saturated carbocycles. The van der Waals surface area contributed by atoms with Crippen LogP contribution in [0.1, 0.15) is 27.2 Å². The molecule has 1 nitrogen and oxygen atoms in total. The van der Waals surface area contributed by atoms with E-state index in [4.69, 9.17) is 5.26 Å². The fraction of sp³-hybridized carbons (Fsp3) is 0.357. The van der Waals surface area contributed by atoms with Gasteiger partial charge in [0.15, 0.2) is 0 Å². The number of nitrogens with zero attached hydrogens (tertiary/aromatic N) is 1. The summed E-state index contributed by atoms with van der Waals surface area (Å²) in [4.78, 5) is 0. The molecule has 0 unspecified atom stereocenters. The van der Waals surface area contributed by atoms with Gasteiger partial charge in [0.25, 0.3) is 0 Å². The third-order valence-corrected chi connectivity index (χ3v) is 2.21. The highest BCUT2D eigenvalue weighted by atomic mass is 14.2. The van der Waals surface area contributed by atoms with Crippen molar-refractivity contribution < 1.29 is 0 Å². The zero-order valence-electron chi connectivity index (χ0n) is 9.88. The molecule has 0 amide bonds. The zero-order valence-corrected chi connectivity index (χ0v) is 9.88. The Morgan fingerprint density at radius 2 is 2.07 bits per heavy atom. The van der Waals surface area contributed by atoms with Gasteiger partial charge in [0.1, 0.15) is 0 Å². The summed E-state index contributed by atoms with van der Waals surface area (Å²) in [5.41, 5.74) is 2.82. The molecule has 1 heteroatoms. The van der Waals surface area contributed by atoms with Gasteiger partial charge in [0.05, 0.1) is 6.07 Å². The van der Waals surface area contributed by atoms with Crippen LogP contribution in [0.4, 0.5) is 0 Å². The molecule has 0 atom stereocenters. The lowest BCUT2D eigenvalue weighted by Gasteiger charge is -2.09. The Labute approximate surface area is 93.1 Å². The molecular weight excluding hydrogens is 182 g/mol. The van der Waals surface area contributed by atoms with Crippen molar-refractivity contribution in [2.75, 3.05) is 0 Å². The summed E-state index contributed by atoms with van der Waals surface area (Å²) in [5, 5.41) is 8.90. The molecule has 0 aromatic rings. The van der Waals surface area contributed by atoms with Gasteiger partial charge in [-0.05, 0) is 36.5 Å². The van der Waals surface area contributed by atoms with Crippen LogP contribution in [-0.4, -0.2) is 0 Å². The standard InChI is InChI=1S/C14H19N/c1-6-7-8-14(10-15)9-12(4)13(5)11(2)3/h6,8-9,11H,1,5,7H2,2-4H3/b12-9-,14-8+. The van der Waals surface area contributed by atoms with Crippen LogP contribution >= 0.6 is 0 Å². The molecule has 0 aromatic heterocycles. The summed E-state index contributed by atoms with van der Waals surface area (Å²) in [6, 6.07) is 2.16. The van der Waals surface area contributed by atoms with Crippen molar-refractivity contribution in [1.82, 2.24) is 0 Å². The van der Waals surface area contributed by atoms with Crippen LogP contribution in [0.15, 0.2) is 48.1 Å². The Hall–Kier alpha value is -1.55. The molecule has 15 heavy (non-hydrogen) atoms. The molecule has 0 spiro atoms. The minimum absolute atomic E-state index is 0.417. The van der Waals surface area contributed by atoms with Crippen molar-refractivity contribution in [2.45, 2.75) is 27.2 Å². The fourth-order valence-corrected chi connectivity index (χ4v) is 1.13. The average molecular weight is 201 g/mol. The van der Waals surface area contributed by atoms with Gasteiger partial charge in [0, 0.05) is 5.57 Å². The Bertz CT molecular complexity index is 335. The third-order valence-electron chi connectivity index (χ3n) is 2.21. The van der Waals surface area contributed by atoms with Gasteiger partial charge in [-0.25, -0.2) is 0 Å². The molecule has 0 aliphatic heterocycles. The average Bonchev–Trinajstić information content (AvgIpc) is 2.22. The van der Waals surface area contributed by atoms with E-state index in [0.29, 0.717) is 11.5 Å². The topological polar surface area (TPSA) is 23.8 Å². The summed E-state index contributed by atoms with van der Waals surface area (Å²) in [7, 11) is 0. The van der Waals surface area contributed by atoms with Gasteiger partial charge >= 0.3 is 0 Å². The van der Waals surface area contributed by atoms with E-state index >= 15 is 0 Å². The van der Waals surface area contributed by atoms with E-state index in [1.807, 2.05) is 19.1 Å². The van der Waals surface area contributed by atoms with E-state index in [1.165, 1.54) is 0 Å². The second-order valence-corrected chi connectivity index (χ2v) is 3.80. The van der Waals surface area contributed by atoms with Crippen molar-refractivity contribution in [1.29, 1.82) is 5.26 Å². The smallest absolute Gasteiger partial charge is 0.0988 e. The summed E-state index contributed by atoms with van der Waals surface area (Å²) in [6.07, 6.45) is 6.24. The van der Waals surface area contributed by atoms with Crippen LogP contribution in [0.2, 0.25) is 0 Å². The highest BCUT2D eigenvalue weighted by Gasteiger charge is 2.02. The van der Waals surface area contributed by atoms with E-state index in [-0.39, 0.29) is 0 Å². The molecule has 0 bridgehead atoms. The van der Waals surface area contributed by atoms with E-state index in [9.17, 15) is 0 Å². The first-order valence-corrected chi connectivity index (χ1v) is 5.11. The normalized spacial score (nSPS) is 12.5. The van der Waals surface area contributed by atoms with Crippen LogP contribution in [0.3, 0.4) is 0 Å². The van der Waals surface area contributed by atoms with E-state index in [2.05, 4.69) is 33.1 Å². The molecule has 80 valence electrons. The van der Waals surface area contributed by atoms with Crippen LogP contribution in [-0.2, 0) is 0 Å². The molecule has 0 aliphatic carbocycles. The first-order valence-electron chi connectivity index (χ1n) is 5.11. The number of hydrogen-bond acceptors (Lipinski definition) is 1. The maximum absolute atomic E-state index is 8.90. The highest BCUT2D eigenvalue weighted by molar-refractivity contribution is 5.41. The molecule has 0 fully saturated rings. The second-order valence-electron chi connectivity index (χ2n) is 3.80. The molecule has 0 rings (SSSR count). The predicted octanol–water partition coefficient (Wildman–Crippen LogP) is 4.17. The van der Waals surface area contributed by atoms with E-state index in [1.54, 1.807) is 6.08 Å². The Kier molecular flexibility index (Phi) is 6.13. The number of allylic oxidation sites excluding steroid dienone is 6. The van der Waals surface area contributed by atoms with E-state index in [0.717, 1.165) is 17.6 Å². The van der Waals surface area contributed by atoms with Crippen molar-refractivity contribution in [3.05, 3.63) is 48.1 Å². The lowest BCUT2D eigenvalue weighted by atomic mass is 9.96. The Morgan fingerprint density at radius 3 is 2.47 bits per heavy atom. The molecule has 0 saturated heterocycles. The molecule has 0 aromatic carbocycles. The first-order chi connectivity index (χ1) is 7.02. The van der Waals surface area contributed by atoms with Crippen LogP contribution in [0, 0.1) is 17.2 Å². The lowest BCUT2D eigenvalue weighted by Crippen LogP contribution is -1.94. The van der Waals surface area contributed by atoms with Crippen molar-refractivity contribution in [3.63, 3.8) is 0 Å².